The van der Waals surface area contributed by atoms with Gasteiger partial charge < -0.3 is 9.84 Å². The summed E-state index contributed by atoms with van der Waals surface area (Å²) in [5.74, 6) is 0. The van der Waals surface area contributed by atoms with Crippen molar-refractivity contribution in [3.63, 3.8) is 0 Å². The molecule has 0 aromatic carbocycles. The zero-order valence-electron chi connectivity index (χ0n) is 6.60. The molecule has 0 amide bonds. The Bertz CT molecular complexity index is 179. The number of ether oxygens (including phenoxy) is 1. The molecule has 5 atom stereocenters. The van der Waals surface area contributed by atoms with E-state index in [1.54, 1.807) is 0 Å². The van der Waals surface area contributed by atoms with E-state index >= 15 is 0 Å². The molecule has 3 heteroatoms. The van der Waals surface area contributed by atoms with Gasteiger partial charge in [-0.2, -0.15) is 0 Å². The number of rotatable bonds is 0. The Hall–Kier alpha value is -0.120. The van der Waals surface area contributed by atoms with Gasteiger partial charge in [0.2, 0.25) is 0 Å². The van der Waals surface area contributed by atoms with Gasteiger partial charge in [0.25, 0.3) is 0 Å². The number of hydrogen-bond acceptors (Lipinski definition) is 3. The van der Waals surface area contributed by atoms with Gasteiger partial charge in [-0.15, -0.1) is 0 Å². The number of aliphatic hydroxyl groups is 1. The first-order valence-electron chi connectivity index (χ1n) is 4.33. The third kappa shape index (κ3) is 0.687. The molecule has 0 aromatic heterocycles. The Kier molecular flexibility index (Phi) is 1.04. The van der Waals surface area contributed by atoms with Crippen LogP contribution in [0.15, 0.2) is 0 Å². The van der Waals surface area contributed by atoms with Gasteiger partial charge in [0.1, 0.15) is 12.2 Å². The van der Waals surface area contributed by atoms with Crippen LogP contribution in [0.1, 0.15) is 12.8 Å². The summed E-state index contributed by atoms with van der Waals surface area (Å²) in [6.07, 6.45) is 2.67. The number of piperidine rings is 1. The molecule has 3 nitrogen and oxygen atoms in total. The van der Waals surface area contributed by atoms with Crippen molar-refractivity contribution in [1.82, 2.24) is 4.90 Å². The molecule has 0 radical (unpaired) electrons. The summed E-state index contributed by atoms with van der Waals surface area (Å²) in [6, 6.07) is 1.02. The predicted molar refractivity (Wildman–Crippen MR) is 39.2 cm³/mol. The van der Waals surface area contributed by atoms with Crippen LogP contribution in [0.2, 0.25) is 0 Å². The average molecular weight is 155 g/mol. The van der Waals surface area contributed by atoms with Gasteiger partial charge in [-0.3, -0.25) is 4.90 Å². The topological polar surface area (TPSA) is 36.0 Å². The molecule has 3 saturated heterocycles. The summed E-state index contributed by atoms with van der Waals surface area (Å²) in [6.45, 7) is 0. The molecule has 3 aliphatic heterocycles. The van der Waals surface area contributed by atoms with E-state index < -0.39 is 0 Å². The normalized spacial score (nSPS) is 61.1. The number of fused-ring (bicyclic) bond motifs is 5. The zero-order chi connectivity index (χ0) is 7.59. The van der Waals surface area contributed by atoms with E-state index in [2.05, 4.69) is 11.9 Å². The quantitative estimate of drug-likeness (QED) is 0.483. The SMILES string of the molecule is CN1[C@H]2CC(O)C[C@H]1[C@H]1O[C@H]12. The lowest BCUT2D eigenvalue weighted by atomic mass is 10.00. The highest BCUT2D eigenvalue weighted by Gasteiger charge is 2.62. The van der Waals surface area contributed by atoms with Crippen molar-refractivity contribution in [3.05, 3.63) is 0 Å². The minimum Gasteiger partial charge on any atom is -0.393 e. The van der Waals surface area contributed by atoms with Gasteiger partial charge in [0.05, 0.1) is 6.10 Å². The zero-order valence-corrected chi connectivity index (χ0v) is 6.60. The fourth-order valence-corrected chi connectivity index (χ4v) is 2.72. The standard InChI is InChI=1S/C8H13NO2/c1-9-5-2-4(10)3-6(9)8-7(5)11-8/h4-8,10H,2-3H2,1H3/t4?,5-,6-,7-,8+/m0/s1. The van der Waals surface area contributed by atoms with E-state index in [-0.39, 0.29) is 6.10 Å². The number of nitrogens with zero attached hydrogens (tertiary/aromatic N) is 1. The third-order valence-corrected chi connectivity index (χ3v) is 3.39. The minimum absolute atomic E-state index is 0.0717. The summed E-state index contributed by atoms with van der Waals surface area (Å²) >= 11 is 0. The van der Waals surface area contributed by atoms with Crippen molar-refractivity contribution in [2.75, 3.05) is 7.05 Å². The first-order valence-corrected chi connectivity index (χ1v) is 4.33. The maximum atomic E-state index is 9.46. The van der Waals surface area contributed by atoms with Gasteiger partial charge >= 0.3 is 0 Å². The van der Waals surface area contributed by atoms with Gasteiger partial charge in [-0.25, -0.2) is 0 Å². The molecule has 0 aromatic rings. The van der Waals surface area contributed by atoms with Crippen LogP contribution in [0.5, 0.6) is 0 Å². The highest BCUT2D eigenvalue weighted by atomic mass is 16.6. The predicted octanol–water partition coefficient (Wildman–Crippen LogP) is -0.409. The smallest absolute Gasteiger partial charge is 0.101 e. The monoisotopic (exact) mass is 155 g/mol. The van der Waals surface area contributed by atoms with Gasteiger partial charge in [0, 0.05) is 12.1 Å². The largest absolute Gasteiger partial charge is 0.393 e. The maximum absolute atomic E-state index is 9.46. The van der Waals surface area contributed by atoms with Crippen LogP contribution in [0, 0.1) is 0 Å². The first kappa shape index (κ1) is 6.40. The molecule has 0 aliphatic carbocycles. The number of aliphatic hydroxyl groups excluding tert-OH is 1. The molecule has 11 heavy (non-hydrogen) atoms. The molecule has 1 N–H and O–H groups in total. The fourth-order valence-electron chi connectivity index (χ4n) is 2.72. The summed E-state index contributed by atoms with van der Waals surface area (Å²) in [4.78, 5) is 2.38. The molecule has 3 aliphatic rings. The van der Waals surface area contributed by atoms with Crippen LogP contribution < -0.4 is 0 Å². The van der Waals surface area contributed by atoms with Gasteiger partial charge in [-0.1, -0.05) is 0 Å². The Morgan fingerprint density at radius 2 is 1.82 bits per heavy atom. The van der Waals surface area contributed by atoms with E-state index in [0.29, 0.717) is 24.3 Å². The van der Waals surface area contributed by atoms with Crippen molar-refractivity contribution in [1.29, 1.82) is 0 Å². The van der Waals surface area contributed by atoms with Crippen molar-refractivity contribution in [2.45, 2.75) is 43.2 Å². The van der Waals surface area contributed by atoms with E-state index in [1.807, 2.05) is 0 Å². The number of likely N-dealkylation sites (N-methyl/N-ethyl adjacent to an activating group) is 1. The van der Waals surface area contributed by atoms with Crippen molar-refractivity contribution >= 4 is 0 Å². The van der Waals surface area contributed by atoms with E-state index in [1.165, 1.54) is 0 Å². The van der Waals surface area contributed by atoms with Crippen molar-refractivity contribution < 1.29 is 9.84 Å². The lowest BCUT2D eigenvalue weighted by Gasteiger charge is -2.36. The van der Waals surface area contributed by atoms with Crippen molar-refractivity contribution in [2.24, 2.45) is 0 Å². The van der Waals surface area contributed by atoms with Crippen LogP contribution in [0.3, 0.4) is 0 Å². The lowest BCUT2D eigenvalue weighted by molar-refractivity contribution is 0.00149. The Labute approximate surface area is 65.9 Å². The Morgan fingerprint density at radius 1 is 1.27 bits per heavy atom. The van der Waals surface area contributed by atoms with Gasteiger partial charge in [0.15, 0.2) is 0 Å². The fraction of sp³-hybridized carbons (Fsp3) is 1.00. The van der Waals surface area contributed by atoms with Crippen LogP contribution in [0.25, 0.3) is 0 Å². The molecule has 3 heterocycles. The van der Waals surface area contributed by atoms with E-state index in [4.69, 9.17) is 4.74 Å². The molecule has 3 rings (SSSR count). The Balaban J connectivity index is 1.90. The molecule has 0 spiro atoms. The molecule has 3 fully saturated rings. The molecule has 0 saturated carbocycles. The molecular formula is C8H13NO2. The van der Waals surface area contributed by atoms with Crippen molar-refractivity contribution in [3.8, 4) is 0 Å². The average Bonchev–Trinajstić information content (AvgIpc) is 2.66. The molecule has 62 valence electrons. The van der Waals surface area contributed by atoms with Crippen LogP contribution in [-0.2, 0) is 4.74 Å². The highest BCUT2D eigenvalue weighted by Crippen LogP contribution is 2.47. The van der Waals surface area contributed by atoms with E-state index in [0.717, 1.165) is 12.8 Å². The molecule has 2 bridgehead atoms. The van der Waals surface area contributed by atoms with Crippen LogP contribution in [-0.4, -0.2) is 47.4 Å². The lowest BCUT2D eigenvalue weighted by Crippen LogP contribution is -2.46. The second-order valence-electron chi connectivity index (χ2n) is 3.99. The van der Waals surface area contributed by atoms with Crippen LogP contribution in [0.4, 0.5) is 0 Å². The molecular weight excluding hydrogens is 142 g/mol. The highest BCUT2D eigenvalue weighted by molar-refractivity contribution is 5.13. The second-order valence-corrected chi connectivity index (χ2v) is 3.99. The summed E-state index contributed by atoms with van der Waals surface area (Å²) in [5, 5.41) is 9.46. The van der Waals surface area contributed by atoms with Gasteiger partial charge in [-0.05, 0) is 19.9 Å². The Morgan fingerprint density at radius 3 is 2.36 bits per heavy atom. The van der Waals surface area contributed by atoms with E-state index in [9.17, 15) is 5.11 Å². The minimum atomic E-state index is -0.0717. The third-order valence-electron chi connectivity index (χ3n) is 3.39. The van der Waals surface area contributed by atoms with Crippen LogP contribution >= 0.6 is 0 Å². The molecule has 1 unspecified atom stereocenters. The number of epoxide rings is 1. The maximum Gasteiger partial charge on any atom is 0.101 e. The summed E-state index contributed by atoms with van der Waals surface area (Å²) in [7, 11) is 2.15. The number of hydrogen-bond donors (Lipinski definition) is 1. The second kappa shape index (κ2) is 1.79. The summed E-state index contributed by atoms with van der Waals surface area (Å²) < 4.78 is 5.49. The first-order chi connectivity index (χ1) is 5.27. The number of morpholine rings is 1. The summed E-state index contributed by atoms with van der Waals surface area (Å²) in [5.41, 5.74) is 0.